The van der Waals surface area contributed by atoms with Gasteiger partial charge in [0.1, 0.15) is 5.75 Å². The van der Waals surface area contributed by atoms with Crippen LogP contribution in [0.3, 0.4) is 0 Å². The SMILES string of the molecule is COC(=O)c1ccc(C(=O)NNC(=O)COc2ccc(Br)cc2Br)cc1. The van der Waals surface area contributed by atoms with Gasteiger partial charge in [0.25, 0.3) is 11.8 Å². The second-order valence-corrected chi connectivity index (χ2v) is 6.70. The molecule has 0 atom stereocenters. The molecule has 2 aromatic carbocycles. The Kier molecular flexibility index (Phi) is 7.16. The van der Waals surface area contributed by atoms with E-state index in [4.69, 9.17) is 4.74 Å². The van der Waals surface area contributed by atoms with Gasteiger partial charge in [-0.2, -0.15) is 0 Å². The molecule has 0 saturated carbocycles. The highest BCUT2D eigenvalue weighted by atomic mass is 79.9. The molecule has 0 radical (unpaired) electrons. The number of amides is 2. The number of hydrogen-bond donors (Lipinski definition) is 2. The number of halogens is 2. The van der Waals surface area contributed by atoms with Gasteiger partial charge >= 0.3 is 5.97 Å². The van der Waals surface area contributed by atoms with Gasteiger partial charge in [-0.25, -0.2) is 4.79 Å². The summed E-state index contributed by atoms with van der Waals surface area (Å²) in [5.74, 6) is -1.06. The van der Waals surface area contributed by atoms with Crippen LogP contribution in [-0.2, 0) is 9.53 Å². The maximum Gasteiger partial charge on any atom is 0.337 e. The van der Waals surface area contributed by atoms with Gasteiger partial charge in [-0.1, -0.05) is 15.9 Å². The average molecular weight is 486 g/mol. The minimum atomic E-state index is -0.528. The topological polar surface area (TPSA) is 93.7 Å². The summed E-state index contributed by atoms with van der Waals surface area (Å²) in [7, 11) is 1.27. The third-order valence-electron chi connectivity index (χ3n) is 3.14. The Labute approximate surface area is 166 Å². The first-order valence-electron chi connectivity index (χ1n) is 7.26. The molecule has 2 rings (SSSR count). The van der Waals surface area contributed by atoms with E-state index >= 15 is 0 Å². The Bertz CT molecular complexity index is 824. The molecule has 0 aliphatic rings. The number of carbonyl (C=O) groups excluding carboxylic acids is 3. The number of rotatable bonds is 5. The van der Waals surface area contributed by atoms with Gasteiger partial charge in [0, 0.05) is 10.0 Å². The number of ether oxygens (including phenoxy) is 2. The number of esters is 1. The molecular formula is C17H14Br2N2O5. The molecule has 0 aliphatic heterocycles. The third kappa shape index (κ3) is 5.57. The third-order valence-corrected chi connectivity index (χ3v) is 4.25. The Hall–Kier alpha value is -2.39. The van der Waals surface area contributed by atoms with Crippen LogP contribution in [0.4, 0.5) is 0 Å². The summed E-state index contributed by atoms with van der Waals surface area (Å²) >= 11 is 6.64. The van der Waals surface area contributed by atoms with Crippen molar-refractivity contribution < 1.29 is 23.9 Å². The molecule has 2 N–H and O–H groups in total. The van der Waals surface area contributed by atoms with Crippen LogP contribution < -0.4 is 15.6 Å². The number of benzene rings is 2. The number of hydrogen-bond acceptors (Lipinski definition) is 5. The molecule has 0 saturated heterocycles. The molecule has 0 heterocycles. The van der Waals surface area contributed by atoms with E-state index < -0.39 is 17.8 Å². The molecule has 0 unspecified atom stereocenters. The van der Waals surface area contributed by atoms with E-state index in [-0.39, 0.29) is 12.2 Å². The zero-order valence-electron chi connectivity index (χ0n) is 13.5. The minimum absolute atomic E-state index is 0.273. The molecule has 0 fully saturated rings. The smallest absolute Gasteiger partial charge is 0.337 e. The van der Waals surface area contributed by atoms with Crippen molar-refractivity contribution in [3.63, 3.8) is 0 Å². The fraction of sp³-hybridized carbons (Fsp3) is 0.118. The first-order chi connectivity index (χ1) is 12.4. The Morgan fingerprint density at radius 1 is 0.962 bits per heavy atom. The molecule has 0 aromatic heterocycles. The zero-order chi connectivity index (χ0) is 19.1. The summed E-state index contributed by atoms with van der Waals surface area (Å²) in [5, 5.41) is 0. The Morgan fingerprint density at radius 2 is 1.62 bits per heavy atom. The summed E-state index contributed by atoms with van der Waals surface area (Å²) in [6, 6.07) is 11.1. The van der Waals surface area contributed by atoms with Crippen LogP contribution in [0.2, 0.25) is 0 Å². The van der Waals surface area contributed by atoms with Gasteiger partial charge in [-0.05, 0) is 58.4 Å². The van der Waals surface area contributed by atoms with Gasteiger partial charge < -0.3 is 9.47 Å². The maximum absolute atomic E-state index is 12.0. The van der Waals surface area contributed by atoms with Crippen molar-refractivity contribution >= 4 is 49.6 Å². The Balaban J connectivity index is 1.82. The fourth-order valence-electron chi connectivity index (χ4n) is 1.85. The molecule has 9 heteroatoms. The summed E-state index contributed by atoms with van der Waals surface area (Å²) in [6.45, 7) is -0.276. The second-order valence-electron chi connectivity index (χ2n) is 4.93. The van der Waals surface area contributed by atoms with Crippen molar-refractivity contribution in [2.45, 2.75) is 0 Å². The van der Waals surface area contributed by atoms with Gasteiger partial charge in [0.05, 0.1) is 17.1 Å². The first-order valence-corrected chi connectivity index (χ1v) is 8.84. The van der Waals surface area contributed by atoms with Crippen LogP contribution in [-0.4, -0.2) is 31.5 Å². The summed E-state index contributed by atoms with van der Waals surface area (Å²) in [5.41, 5.74) is 5.11. The molecule has 26 heavy (non-hydrogen) atoms. The van der Waals surface area contributed by atoms with Crippen molar-refractivity contribution in [3.8, 4) is 5.75 Å². The molecule has 7 nitrogen and oxygen atoms in total. The first kappa shape index (κ1) is 19.9. The maximum atomic E-state index is 12.0. The van der Waals surface area contributed by atoms with Crippen molar-refractivity contribution in [1.29, 1.82) is 0 Å². The predicted molar refractivity (Wildman–Crippen MR) is 101 cm³/mol. The van der Waals surface area contributed by atoms with E-state index in [9.17, 15) is 14.4 Å². The highest BCUT2D eigenvalue weighted by Crippen LogP contribution is 2.28. The number of methoxy groups -OCH3 is 1. The van der Waals surface area contributed by atoms with Crippen LogP contribution in [0.15, 0.2) is 51.4 Å². The van der Waals surface area contributed by atoms with Crippen molar-refractivity contribution in [2.24, 2.45) is 0 Å². The van der Waals surface area contributed by atoms with E-state index in [1.54, 1.807) is 18.2 Å². The standard InChI is InChI=1S/C17H14Br2N2O5/c1-25-17(24)11-4-2-10(3-5-11)16(23)21-20-15(22)9-26-14-7-6-12(18)8-13(14)19/h2-8H,9H2,1H3,(H,20,22)(H,21,23). The predicted octanol–water partition coefficient (Wildman–Crippen LogP) is 2.84. The van der Waals surface area contributed by atoms with E-state index in [0.29, 0.717) is 15.8 Å². The average Bonchev–Trinajstić information content (AvgIpc) is 2.64. The van der Waals surface area contributed by atoms with E-state index in [2.05, 4.69) is 47.4 Å². The molecule has 136 valence electrons. The minimum Gasteiger partial charge on any atom is -0.483 e. The monoisotopic (exact) mass is 484 g/mol. The summed E-state index contributed by atoms with van der Waals surface area (Å²) in [4.78, 5) is 35.1. The number of carbonyl (C=O) groups is 3. The van der Waals surface area contributed by atoms with Gasteiger partial charge in [0.15, 0.2) is 6.61 Å². The van der Waals surface area contributed by atoms with Gasteiger partial charge in [0.2, 0.25) is 0 Å². The Morgan fingerprint density at radius 3 is 2.23 bits per heavy atom. The van der Waals surface area contributed by atoms with Crippen LogP contribution in [0.5, 0.6) is 5.75 Å². The largest absolute Gasteiger partial charge is 0.483 e. The lowest BCUT2D eigenvalue weighted by molar-refractivity contribution is -0.123. The van der Waals surface area contributed by atoms with Crippen LogP contribution in [0.25, 0.3) is 0 Å². The van der Waals surface area contributed by atoms with Crippen LogP contribution in [0, 0.1) is 0 Å². The zero-order valence-corrected chi connectivity index (χ0v) is 16.7. The van der Waals surface area contributed by atoms with Crippen molar-refractivity contribution in [1.82, 2.24) is 10.9 Å². The van der Waals surface area contributed by atoms with Crippen LogP contribution in [0.1, 0.15) is 20.7 Å². The summed E-state index contributed by atoms with van der Waals surface area (Å²) in [6.07, 6.45) is 0. The molecule has 2 amide bonds. The van der Waals surface area contributed by atoms with Gasteiger partial charge in [-0.15, -0.1) is 0 Å². The number of hydrazine groups is 1. The normalized spacial score (nSPS) is 9.96. The van der Waals surface area contributed by atoms with Gasteiger partial charge in [-0.3, -0.25) is 20.4 Å². The quantitative estimate of drug-likeness (QED) is 0.501. The lowest BCUT2D eigenvalue weighted by Gasteiger charge is -2.10. The highest BCUT2D eigenvalue weighted by Gasteiger charge is 2.11. The summed E-state index contributed by atoms with van der Waals surface area (Å²) < 4.78 is 11.5. The lowest BCUT2D eigenvalue weighted by Crippen LogP contribution is -2.43. The van der Waals surface area contributed by atoms with Crippen molar-refractivity contribution in [2.75, 3.05) is 13.7 Å². The van der Waals surface area contributed by atoms with Crippen LogP contribution >= 0.6 is 31.9 Å². The lowest BCUT2D eigenvalue weighted by atomic mass is 10.1. The van der Waals surface area contributed by atoms with E-state index in [0.717, 1.165) is 4.47 Å². The fourth-order valence-corrected chi connectivity index (χ4v) is 3.01. The molecule has 2 aromatic rings. The molecule has 0 spiro atoms. The van der Waals surface area contributed by atoms with E-state index in [1.807, 2.05) is 0 Å². The molecule has 0 aliphatic carbocycles. The molecule has 0 bridgehead atoms. The number of nitrogens with one attached hydrogen (secondary N) is 2. The second kappa shape index (κ2) is 9.35. The van der Waals surface area contributed by atoms with E-state index in [1.165, 1.54) is 31.4 Å². The molecular weight excluding hydrogens is 472 g/mol. The highest BCUT2D eigenvalue weighted by molar-refractivity contribution is 9.11. The van der Waals surface area contributed by atoms with Crippen molar-refractivity contribution in [3.05, 3.63) is 62.5 Å².